The molecule has 16 heavy (non-hydrogen) atoms. The van der Waals surface area contributed by atoms with Gasteiger partial charge in [0.2, 0.25) is 11.9 Å². The first kappa shape index (κ1) is 10.0. The van der Waals surface area contributed by atoms with E-state index in [4.69, 9.17) is 11.5 Å². The number of anilines is 2. The molecule has 0 unspecified atom stereocenters. The van der Waals surface area contributed by atoms with Gasteiger partial charge < -0.3 is 11.5 Å². The van der Waals surface area contributed by atoms with Gasteiger partial charge in [-0.15, -0.1) is 0 Å². The Morgan fingerprint density at radius 1 is 1.00 bits per heavy atom. The number of benzene rings is 1. The van der Waals surface area contributed by atoms with Crippen LogP contribution in [0.15, 0.2) is 24.3 Å². The van der Waals surface area contributed by atoms with E-state index in [2.05, 4.69) is 15.0 Å². The molecular weight excluding hydrogens is 206 g/mol. The number of hydrogen-bond donors (Lipinski definition) is 2. The van der Waals surface area contributed by atoms with Gasteiger partial charge in [0.15, 0.2) is 12.1 Å². The first-order chi connectivity index (χ1) is 7.70. The van der Waals surface area contributed by atoms with Crippen molar-refractivity contribution in [1.29, 1.82) is 0 Å². The van der Waals surface area contributed by atoms with Crippen LogP contribution in [0.25, 0.3) is 11.4 Å². The zero-order valence-corrected chi connectivity index (χ0v) is 8.29. The Kier molecular flexibility index (Phi) is 2.47. The largest absolute Gasteiger partial charge is 0.368 e. The number of carbonyl (C=O) groups excluding carboxylic acids is 1. The summed E-state index contributed by atoms with van der Waals surface area (Å²) in [7, 11) is 0. The summed E-state index contributed by atoms with van der Waals surface area (Å²) in [5.74, 6) is 0.360. The van der Waals surface area contributed by atoms with E-state index in [9.17, 15) is 4.79 Å². The molecule has 0 amide bonds. The lowest BCUT2D eigenvalue weighted by atomic mass is 10.1. The summed E-state index contributed by atoms with van der Waals surface area (Å²) in [5.41, 5.74) is 12.0. The number of nitrogens with two attached hydrogens (primary N) is 2. The van der Waals surface area contributed by atoms with E-state index in [-0.39, 0.29) is 11.9 Å². The van der Waals surface area contributed by atoms with Gasteiger partial charge in [-0.25, -0.2) is 0 Å². The highest BCUT2D eigenvalue weighted by Crippen LogP contribution is 2.19. The summed E-state index contributed by atoms with van der Waals surface area (Å²) in [6.07, 6.45) is 0.728. The molecule has 80 valence electrons. The molecule has 0 bridgehead atoms. The van der Waals surface area contributed by atoms with Crippen LogP contribution >= 0.6 is 0 Å². The molecule has 1 aromatic carbocycles. The van der Waals surface area contributed by atoms with Crippen LogP contribution in [-0.4, -0.2) is 21.2 Å². The molecule has 0 fully saturated rings. The van der Waals surface area contributed by atoms with Crippen molar-refractivity contribution in [3.8, 4) is 11.4 Å². The summed E-state index contributed by atoms with van der Waals surface area (Å²) in [5, 5.41) is 0. The minimum atomic E-state index is 0.0307. The molecule has 2 aromatic rings. The van der Waals surface area contributed by atoms with E-state index in [1.54, 1.807) is 24.3 Å². The number of carbonyl (C=O) groups is 1. The highest BCUT2D eigenvalue weighted by molar-refractivity contribution is 5.85. The highest BCUT2D eigenvalue weighted by atomic mass is 16.1. The summed E-state index contributed by atoms with van der Waals surface area (Å²) in [4.78, 5) is 22.4. The topological polar surface area (TPSA) is 108 Å². The van der Waals surface area contributed by atoms with Crippen LogP contribution < -0.4 is 11.5 Å². The standard InChI is InChI=1S/C10H9N5O/c11-9-13-8(14-10(12)15-9)7-4-2-1-3-6(7)5-16/h1-5H,(H4,11,12,13,14,15). The van der Waals surface area contributed by atoms with Crippen LogP contribution in [0.5, 0.6) is 0 Å². The highest BCUT2D eigenvalue weighted by Gasteiger charge is 2.08. The molecule has 6 nitrogen and oxygen atoms in total. The van der Waals surface area contributed by atoms with Crippen LogP contribution in [0.1, 0.15) is 10.4 Å². The van der Waals surface area contributed by atoms with Gasteiger partial charge in [-0.05, 0) is 0 Å². The van der Waals surface area contributed by atoms with E-state index in [1.165, 1.54) is 0 Å². The lowest BCUT2D eigenvalue weighted by Crippen LogP contribution is -2.05. The molecule has 0 saturated heterocycles. The van der Waals surface area contributed by atoms with Gasteiger partial charge in [0.25, 0.3) is 0 Å². The summed E-state index contributed by atoms with van der Waals surface area (Å²) < 4.78 is 0. The minimum absolute atomic E-state index is 0.0307. The van der Waals surface area contributed by atoms with Crippen LogP contribution in [-0.2, 0) is 0 Å². The van der Waals surface area contributed by atoms with Gasteiger partial charge in [-0.2, -0.15) is 15.0 Å². The molecule has 2 rings (SSSR count). The number of rotatable bonds is 2. The molecule has 0 radical (unpaired) electrons. The van der Waals surface area contributed by atoms with Crippen molar-refractivity contribution >= 4 is 18.2 Å². The Hall–Kier alpha value is -2.50. The molecule has 0 aliphatic carbocycles. The average Bonchev–Trinajstić information content (AvgIpc) is 2.27. The van der Waals surface area contributed by atoms with Crippen molar-refractivity contribution in [2.45, 2.75) is 0 Å². The number of aldehydes is 1. The van der Waals surface area contributed by atoms with E-state index in [0.717, 1.165) is 6.29 Å². The molecule has 0 atom stereocenters. The Labute approximate surface area is 91.4 Å². The molecule has 4 N–H and O–H groups in total. The fraction of sp³-hybridized carbons (Fsp3) is 0. The number of nitrogen functional groups attached to an aromatic ring is 2. The van der Waals surface area contributed by atoms with Crippen molar-refractivity contribution in [1.82, 2.24) is 15.0 Å². The minimum Gasteiger partial charge on any atom is -0.368 e. The Balaban J connectivity index is 2.62. The van der Waals surface area contributed by atoms with Crippen LogP contribution in [0.2, 0.25) is 0 Å². The second-order valence-electron chi connectivity index (χ2n) is 3.08. The quantitative estimate of drug-likeness (QED) is 0.707. The lowest BCUT2D eigenvalue weighted by molar-refractivity contribution is 0.112. The van der Waals surface area contributed by atoms with Crippen molar-refractivity contribution in [3.63, 3.8) is 0 Å². The van der Waals surface area contributed by atoms with Gasteiger partial charge in [0.05, 0.1) is 0 Å². The van der Waals surface area contributed by atoms with Gasteiger partial charge in [0.1, 0.15) is 0 Å². The van der Waals surface area contributed by atoms with Crippen LogP contribution in [0.3, 0.4) is 0 Å². The zero-order valence-electron chi connectivity index (χ0n) is 8.29. The van der Waals surface area contributed by atoms with E-state index >= 15 is 0 Å². The van der Waals surface area contributed by atoms with Gasteiger partial charge in [-0.3, -0.25) is 4.79 Å². The second kappa shape index (κ2) is 3.93. The van der Waals surface area contributed by atoms with E-state index < -0.39 is 0 Å². The second-order valence-corrected chi connectivity index (χ2v) is 3.08. The summed E-state index contributed by atoms with van der Waals surface area (Å²) in [6.45, 7) is 0. The van der Waals surface area contributed by atoms with Gasteiger partial charge in [0, 0.05) is 11.1 Å². The van der Waals surface area contributed by atoms with Gasteiger partial charge >= 0.3 is 0 Å². The maximum absolute atomic E-state index is 10.8. The van der Waals surface area contributed by atoms with Crippen LogP contribution in [0, 0.1) is 0 Å². The predicted octanol–water partition coefficient (Wildman–Crippen LogP) is 0.515. The van der Waals surface area contributed by atoms with Gasteiger partial charge in [-0.1, -0.05) is 24.3 Å². The third kappa shape index (κ3) is 1.81. The summed E-state index contributed by atoms with van der Waals surface area (Å²) in [6, 6.07) is 6.91. The number of hydrogen-bond acceptors (Lipinski definition) is 6. The van der Waals surface area contributed by atoms with Crippen molar-refractivity contribution in [3.05, 3.63) is 29.8 Å². The van der Waals surface area contributed by atoms with Crippen molar-refractivity contribution < 1.29 is 4.79 Å². The zero-order chi connectivity index (χ0) is 11.5. The normalized spacial score (nSPS) is 10.0. The van der Waals surface area contributed by atoms with Crippen molar-refractivity contribution in [2.75, 3.05) is 11.5 Å². The summed E-state index contributed by atoms with van der Waals surface area (Å²) >= 11 is 0. The third-order valence-electron chi connectivity index (χ3n) is 2.00. The lowest BCUT2D eigenvalue weighted by Gasteiger charge is -2.04. The fourth-order valence-electron chi connectivity index (χ4n) is 1.33. The molecule has 1 aromatic heterocycles. The molecule has 1 heterocycles. The predicted molar refractivity (Wildman–Crippen MR) is 59.5 cm³/mol. The van der Waals surface area contributed by atoms with E-state index in [0.29, 0.717) is 17.0 Å². The first-order valence-corrected chi connectivity index (χ1v) is 4.52. The monoisotopic (exact) mass is 215 g/mol. The Morgan fingerprint density at radius 2 is 1.62 bits per heavy atom. The Morgan fingerprint density at radius 3 is 2.25 bits per heavy atom. The average molecular weight is 215 g/mol. The SMILES string of the molecule is Nc1nc(N)nc(-c2ccccc2C=O)n1. The molecular formula is C10H9N5O. The van der Waals surface area contributed by atoms with E-state index in [1.807, 2.05) is 0 Å². The maximum atomic E-state index is 10.8. The smallest absolute Gasteiger partial charge is 0.225 e. The fourth-order valence-corrected chi connectivity index (χ4v) is 1.33. The molecule has 0 saturated carbocycles. The van der Waals surface area contributed by atoms with Crippen molar-refractivity contribution in [2.24, 2.45) is 0 Å². The molecule has 6 heteroatoms. The molecule has 0 aliphatic rings. The third-order valence-corrected chi connectivity index (χ3v) is 2.00. The van der Waals surface area contributed by atoms with Crippen LogP contribution in [0.4, 0.5) is 11.9 Å². The molecule has 0 aliphatic heterocycles. The molecule has 0 spiro atoms. The number of aromatic nitrogens is 3. The Bertz CT molecular complexity index is 520. The maximum Gasteiger partial charge on any atom is 0.225 e. The first-order valence-electron chi connectivity index (χ1n) is 4.52. The number of nitrogens with zero attached hydrogens (tertiary/aromatic N) is 3.